The van der Waals surface area contributed by atoms with Crippen molar-refractivity contribution in [2.24, 2.45) is 4.99 Å². The minimum atomic E-state index is 0. The van der Waals surface area contributed by atoms with Crippen LogP contribution in [0.4, 0.5) is 0 Å². The molecule has 3 rings (SSSR count). The molecule has 1 aliphatic rings. The molecule has 0 saturated carbocycles. The zero-order valence-electron chi connectivity index (χ0n) is 16.7. The first-order chi connectivity index (χ1) is 13.3. The number of nitrogens with zero attached hydrogens (tertiary/aromatic N) is 4. The van der Waals surface area contributed by atoms with Crippen molar-refractivity contribution in [3.63, 3.8) is 0 Å². The number of aliphatic imine (C=N–C) groups is 1. The maximum absolute atomic E-state index is 5.40. The Morgan fingerprint density at radius 1 is 1.29 bits per heavy atom. The third-order valence-corrected chi connectivity index (χ3v) is 4.58. The smallest absolute Gasteiger partial charge is 0.194 e. The molecule has 0 radical (unpaired) electrons. The van der Waals surface area contributed by atoms with Gasteiger partial charge in [-0.15, -0.1) is 24.0 Å². The van der Waals surface area contributed by atoms with E-state index in [9.17, 15) is 0 Å². The highest BCUT2D eigenvalue weighted by atomic mass is 127. The van der Waals surface area contributed by atoms with Crippen molar-refractivity contribution in [3.05, 3.63) is 42.4 Å². The van der Waals surface area contributed by atoms with Crippen molar-refractivity contribution >= 4 is 29.9 Å². The lowest BCUT2D eigenvalue weighted by Gasteiger charge is -2.26. The predicted octanol–water partition coefficient (Wildman–Crippen LogP) is 2.42. The van der Waals surface area contributed by atoms with Crippen LogP contribution in [0.2, 0.25) is 0 Å². The Morgan fingerprint density at radius 3 is 2.75 bits per heavy atom. The number of aromatic amines is 1. The van der Waals surface area contributed by atoms with Gasteiger partial charge >= 0.3 is 0 Å². The van der Waals surface area contributed by atoms with Crippen molar-refractivity contribution in [2.45, 2.75) is 13.5 Å². The Labute approximate surface area is 184 Å². The monoisotopic (exact) mass is 498 g/mol. The topological polar surface area (TPSA) is 68.8 Å². The molecule has 0 aliphatic carbocycles. The SMILES string of the molecule is CCNC(=NCCN1CCOCC1)N(C)Cc1ncc(-c2ccccc2)[nH]1.I. The molecule has 2 aromatic rings. The van der Waals surface area contributed by atoms with Crippen molar-refractivity contribution in [1.29, 1.82) is 0 Å². The van der Waals surface area contributed by atoms with Gasteiger partial charge in [-0.2, -0.15) is 0 Å². The fourth-order valence-electron chi connectivity index (χ4n) is 3.10. The van der Waals surface area contributed by atoms with Crippen molar-refractivity contribution < 1.29 is 4.74 Å². The fourth-order valence-corrected chi connectivity index (χ4v) is 3.10. The van der Waals surface area contributed by atoms with Crippen LogP contribution in [-0.2, 0) is 11.3 Å². The predicted molar refractivity (Wildman–Crippen MR) is 124 cm³/mol. The summed E-state index contributed by atoms with van der Waals surface area (Å²) in [5.74, 6) is 1.83. The van der Waals surface area contributed by atoms with E-state index >= 15 is 0 Å². The largest absolute Gasteiger partial charge is 0.379 e. The van der Waals surface area contributed by atoms with Crippen LogP contribution in [0, 0.1) is 0 Å². The van der Waals surface area contributed by atoms with E-state index in [-0.39, 0.29) is 24.0 Å². The van der Waals surface area contributed by atoms with Crippen LogP contribution in [0.1, 0.15) is 12.7 Å². The van der Waals surface area contributed by atoms with E-state index in [2.05, 4.69) is 44.1 Å². The number of aromatic nitrogens is 2. The molecule has 8 heteroatoms. The zero-order chi connectivity index (χ0) is 18.9. The molecule has 1 fully saturated rings. The average Bonchev–Trinajstić information content (AvgIpc) is 3.17. The molecule has 7 nitrogen and oxygen atoms in total. The molecule has 2 heterocycles. The molecule has 28 heavy (non-hydrogen) atoms. The maximum atomic E-state index is 5.40. The highest BCUT2D eigenvalue weighted by molar-refractivity contribution is 14.0. The van der Waals surface area contributed by atoms with Gasteiger partial charge in [0.2, 0.25) is 0 Å². The van der Waals surface area contributed by atoms with Gasteiger partial charge in [-0.05, 0) is 12.5 Å². The van der Waals surface area contributed by atoms with Crippen molar-refractivity contribution in [2.75, 3.05) is 53.0 Å². The molecule has 0 unspecified atom stereocenters. The van der Waals surface area contributed by atoms with E-state index in [1.807, 2.05) is 31.4 Å². The molecule has 0 bridgehead atoms. The molecule has 0 spiro atoms. The summed E-state index contributed by atoms with van der Waals surface area (Å²) in [6.45, 7) is 8.99. The number of guanidine groups is 1. The Bertz CT molecular complexity index is 714. The van der Waals surface area contributed by atoms with Gasteiger partial charge < -0.3 is 19.9 Å². The third kappa shape index (κ3) is 6.75. The summed E-state index contributed by atoms with van der Waals surface area (Å²) in [5.41, 5.74) is 2.18. The van der Waals surface area contributed by atoms with E-state index in [4.69, 9.17) is 9.73 Å². The number of nitrogens with one attached hydrogen (secondary N) is 2. The van der Waals surface area contributed by atoms with Crippen LogP contribution >= 0.6 is 24.0 Å². The van der Waals surface area contributed by atoms with E-state index in [0.717, 1.165) is 69.0 Å². The second-order valence-corrected chi connectivity index (χ2v) is 6.66. The van der Waals surface area contributed by atoms with Gasteiger partial charge in [0.15, 0.2) is 5.96 Å². The van der Waals surface area contributed by atoms with Crippen LogP contribution in [0.3, 0.4) is 0 Å². The number of morpholine rings is 1. The number of ether oxygens (including phenoxy) is 1. The summed E-state index contributed by atoms with van der Waals surface area (Å²) in [4.78, 5) is 17.2. The molecule has 154 valence electrons. The van der Waals surface area contributed by atoms with Gasteiger partial charge in [-0.25, -0.2) is 4.98 Å². The van der Waals surface area contributed by atoms with Crippen molar-refractivity contribution in [3.8, 4) is 11.3 Å². The highest BCUT2D eigenvalue weighted by Gasteiger charge is 2.12. The van der Waals surface area contributed by atoms with Gasteiger partial charge in [0.05, 0.1) is 38.2 Å². The van der Waals surface area contributed by atoms with Gasteiger partial charge in [0.1, 0.15) is 5.82 Å². The number of hydrogen-bond donors (Lipinski definition) is 2. The Balaban J connectivity index is 0.00000280. The lowest BCUT2D eigenvalue weighted by Crippen LogP contribution is -2.40. The Kier molecular flexibility index (Phi) is 9.72. The van der Waals surface area contributed by atoms with Gasteiger partial charge in [-0.3, -0.25) is 9.89 Å². The van der Waals surface area contributed by atoms with E-state index in [0.29, 0.717) is 6.54 Å². The lowest BCUT2D eigenvalue weighted by atomic mass is 10.2. The number of benzene rings is 1. The van der Waals surface area contributed by atoms with E-state index < -0.39 is 0 Å². The Hall–Kier alpha value is -1.65. The number of hydrogen-bond acceptors (Lipinski definition) is 4. The minimum Gasteiger partial charge on any atom is -0.379 e. The molecule has 1 aromatic carbocycles. The summed E-state index contributed by atoms with van der Waals surface area (Å²) in [7, 11) is 2.04. The number of rotatable bonds is 7. The quantitative estimate of drug-likeness (QED) is 0.349. The highest BCUT2D eigenvalue weighted by Crippen LogP contribution is 2.16. The first-order valence-corrected chi connectivity index (χ1v) is 9.65. The van der Waals surface area contributed by atoms with Crippen LogP contribution in [-0.4, -0.2) is 78.7 Å². The van der Waals surface area contributed by atoms with Crippen molar-refractivity contribution in [1.82, 2.24) is 25.1 Å². The molecule has 2 N–H and O–H groups in total. The third-order valence-electron chi connectivity index (χ3n) is 4.58. The van der Waals surface area contributed by atoms with Crippen LogP contribution in [0.5, 0.6) is 0 Å². The standard InChI is InChI=1S/C20H30N6O.HI/c1-3-21-20(22-9-10-26-11-13-27-14-12-26)25(2)16-19-23-15-18(24-19)17-7-5-4-6-8-17;/h4-8,15H,3,9-14,16H2,1-2H3,(H,21,22)(H,23,24);1H. The first kappa shape index (κ1) is 22.6. The van der Waals surface area contributed by atoms with Gasteiger partial charge in [0, 0.05) is 33.2 Å². The van der Waals surface area contributed by atoms with E-state index in [1.54, 1.807) is 0 Å². The van der Waals surface area contributed by atoms with Gasteiger partial charge in [-0.1, -0.05) is 30.3 Å². The van der Waals surface area contributed by atoms with Gasteiger partial charge in [0.25, 0.3) is 0 Å². The summed E-state index contributed by atoms with van der Waals surface area (Å²) in [5, 5.41) is 3.37. The van der Waals surface area contributed by atoms with Crippen LogP contribution in [0.25, 0.3) is 11.3 Å². The molecule has 0 atom stereocenters. The summed E-state index contributed by atoms with van der Waals surface area (Å²) in [6.07, 6.45) is 1.89. The first-order valence-electron chi connectivity index (χ1n) is 9.65. The second-order valence-electron chi connectivity index (χ2n) is 6.66. The maximum Gasteiger partial charge on any atom is 0.194 e. The summed E-state index contributed by atoms with van der Waals surface area (Å²) in [6, 6.07) is 10.2. The molecular formula is C20H31IN6O. The number of imidazole rings is 1. The molecule has 0 amide bonds. The number of halogens is 1. The Morgan fingerprint density at radius 2 is 2.04 bits per heavy atom. The molecule has 1 saturated heterocycles. The minimum absolute atomic E-state index is 0. The van der Waals surface area contributed by atoms with Crippen LogP contribution in [0.15, 0.2) is 41.5 Å². The molecule has 1 aliphatic heterocycles. The summed E-state index contributed by atoms with van der Waals surface area (Å²) >= 11 is 0. The normalized spacial score (nSPS) is 15.1. The second kappa shape index (κ2) is 12.0. The van der Waals surface area contributed by atoms with E-state index in [1.165, 1.54) is 0 Å². The average molecular weight is 498 g/mol. The molecule has 1 aromatic heterocycles. The fraction of sp³-hybridized carbons (Fsp3) is 0.500. The summed E-state index contributed by atoms with van der Waals surface area (Å²) < 4.78 is 5.40. The zero-order valence-corrected chi connectivity index (χ0v) is 19.1. The van der Waals surface area contributed by atoms with Crippen LogP contribution < -0.4 is 5.32 Å². The molecular weight excluding hydrogens is 467 g/mol. The number of H-pyrrole nitrogens is 1. The lowest BCUT2D eigenvalue weighted by molar-refractivity contribution is 0.0394.